The molecular formula is C14H12BrFN2O2. The molecule has 0 atom stereocenters. The van der Waals surface area contributed by atoms with Gasteiger partial charge in [0.2, 0.25) is 0 Å². The van der Waals surface area contributed by atoms with Crippen LogP contribution >= 0.6 is 15.9 Å². The minimum absolute atomic E-state index is 0.0205. The van der Waals surface area contributed by atoms with E-state index in [1.54, 1.807) is 25.1 Å². The molecular weight excluding hydrogens is 327 g/mol. The Hall–Kier alpha value is -1.95. The van der Waals surface area contributed by atoms with E-state index in [4.69, 9.17) is 0 Å². The monoisotopic (exact) mass is 338 g/mol. The molecule has 4 nitrogen and oxygen atoms in total. The van der Waals surface area contributed by atoms with Crippen LogP contribution in [0.5, 0.6) is 0 Å². The van der Waals surface area contributed by atoms with Crippen LogP contribution in [0.2, 0.25) is 0 Å². The molecule has 0 amide bonds. The Balaban J connectivity index is 2.19. The van der Waals surface area contributed by atoms with E-state index in [0.717, 1.165) is 5.56 Å². The van der Waals surface area contributed by atoms with E-state index in [9.17, 15) is 14.5 Å². The Morgan fingerprint density at radius 3 is 2.80 bits per heavy atom. The molecule has 0 unspecified atom stereocenters. The molecule has 2 aromatic carbocycles. The molecule has 0 saturated carbocycles. The molecule has 0 aliphatic heterocycles. The van der Waals surface area contributed by atoms with E-state index >= 15 is 0 Å². The van der Waals surface area contributed by atoms with Gasteiger partial charge in [-0.15, -0.1) is 0 Å². The quantitative estimate of drug-likeness (QED) is 0.663. The van der Waals surface area contributed by atoms with Gasteiger partial charge in [-0.2, -0.15) is 0 Å². The highest BCUT2D eigenvalue weighted by molar-refractivity contribution is 9.10. The van der Waals surface area contributed by atoms with Gasteiger partial charge in [0.15, 0.2) is 0 Å². The first-order valence-electron chi connectivity index (χ1n) is 5.90. The molecule has 2 aromatic rings. The molecule has 6 heteroatoms. The molecule has 0 aromatic heterocycles. The normalized spacial score (nSPS) is 10.3. The Labute approximate surface area is 123 Å². The van der Waals surface area contributed by atoms with Crippen LogP contribution in [-0.4, -0.2) is 4.92 Å². The van der Waals surface area contributed by atoms with Crippen LogP contribution in [0.15, 0.2) is 40.9 Å². The number of nitro groups is 1. The molecule has 20 heavy (non-hydrogen) atoms. The van der Waals surface area contributed by atoms with Crippen molar-refractivity contribution in [2.45, 2.75) is 13.5 Å². The van der Waals surface area contributed by atoms with E-state index in [1.165, 1.54) is 18.2 Å². The van der Waals surface area contributed by atoms with Crippen LogP contribution < -0.4 is 5.32 Å². The molecule has 1 N–H and O–H groups in total. The molecule has 0 spiro atoms. The molecule has 104 valence electrons. The highest BCUT2D eigenvalue weighted by Gasteiger charge is 2.09. The molecule has 0 radical (unpaired) electrons. The second-order valence-electron chi connectivity index (χ2n) is 4.34. The van der Waals surface area contributed by atoms with Gasteiger partial charge in [-0.05, 0) is 30.7 Å². The fourth-order valence-electron chi connectivity index (χ4n) is 1.84. The van der Waals surface area contributed by atoms with Gasteiger partial charge in [0.1, 0.15) is 5.82 Å². The number of halogens is 2. The average Bonchev–Trinajstić information content (AvgIpc) is 2.40. The zero-order valence-corrected chi connectivity index (χ0v) is 12.3. The third-order valence-electron chi connectivity index (χ3n) is 2.90. The minimum Gasteiger partial charge on any atom is -0.381 e. The first kappa shape index (κ1) is 14.5. The number of benzene rings is 2. The number of anilines is 1. The molecule has 0 saturated heterocycles. The summed E-state index contributed by atoms with van der Waals surface area (Å²) in [6.45, 7) is 2.06. The SMILES string of the molecule is Cc1c(F)cccc1NCc1cc(Br)cc([N+](=O)[O-])c1. The fraction of sp³-hybridized carbons (Fsp3) is 0.143. The minimum atomic E-state index is -0.443. The molecule has 0 fully saturated rings. The Morgan fingerprint density at radius 2 is 2.10 bits per heavy atom. The fourth-order valence-corrected chi connectivity index (χ4v) is 2.37. The summed E-state index contributed by atoms with van der Waals surface area (Å²) in [5, 5.41) is 13.9. The summed E-state index contributed by atoms with van der Waals surface area (Å²) in [5.74, 6) is -0.282. The summed E-state index contributed by atoms with van der Waals surface area (Å²) in [6, 6.07) is 9.50. The standard InChI is InChI=1S/C14H12BrFN2O2/c1-9-13(16)3-2-4-14(9)17-8-10-5-11(15)7-12(6-10)18(19)20/h2-7,17H,8H2,1H3. The maximum atomic E-state index is 13.4. The lowest BCUT2D eigenvalue weighted by Gasteiger charge is -2.10. The molecule has 2 rings (SSSR count). The number of non-ortho nitro benzene ring substituents is 1. The second-order valence-corrected chi connectivity index (χ2v) is 5.26. The van der Waals surface area contributed by atoms with E-state index in [0.29, 0.717) is 22.3 Å². The lowest BCUT2D eigenvalue weighted by atomic mass is 10.1. The lowest BCUT2D eigenvalue weighted by Crippen LogP contribution is -2.02. The Kier molecular flexibility index (Phi) is 4.34. The molecule has 0 heterocycles. The van der Waals surface area contributed by atoms with Crippen LogP contribution in [0.4, 0.5) is 15.8 Å². The molecule has 0 bridgehead atoms. The Bertz CT molecular complexity index is 662. The van der Waals surface area contributed by atoms with Crippen molar-refractivity contribution in [2.75, 3.05) is 5.32 Å². The highest BCUT2D eigenvalue weighted by atomic mass is 79.9. The van der Waals surface area contributed by atoms with E-state index in [1.807, 2.05) is 0 Å². The van der Waals surface area contributed by atoms with Crippen LogP contribution in [-0.2, 0) is 6.54 Å². The van der Waals surface area contributed by atoms with Gasteiger partial charge in [0.25, 0.3) is 5.69 Å². The van der Waals surface area contributed by atoms with Crippen LogP contribution in [0.25, 0.3) is 0 Å². The van der Waals surface area contributed by atoms with E-state index < -0.39 is 4.92 Å². The number of nitrogens with one attached hydrogen (secondary N) is 1. The van der Waals surface area contributed by atoms with Gasteiger partial charge in [0.05, 0.1) is 4.92 Å². The highest BCUT2D eigenvalue weighted by Crippen LogP contribution is 2.23. The van der Waals surface area contributed by atoms with Gasteiger partial charge in [-0.25, -0.2) is 4.39 Å². The summed E-state index contributed by atoms with van der Waals surface area (Å²) in [5.41, 5.74) is 1.96. The predicted octanol–water partition coefficient (Wildman–Crippen LogP) is 4.42. The first-order chi connectivity index (χ1) is 9.47. The number of nitrogens with zero attached hydrogens (tertiary/aromatic N) is 1. The van der Waals surface area contributed by atoms with E-state index in [-0.39, 0.29) is 11.5 Å². The van der Waals surface area contributed by atoms with Gasteiger partial charge < -0.3 is 5.32 Å². The summed E-state index contributed by atoms with van der Waals surface area (Å²) >= 11 is 3.24. The van der Waals surface area contributed by atoms with Crippen molar-refractivity contribution in [1.82, 2.24) is 0 Å². The van der Waals surface area contributed by atoms with Crippen molar-refractivity contribution in [1.29, 1.82) is 0 Å². The smallest absolute Gasteiger partial charge is 0.270 e. The van der Waals surface area contributed by atoms with Crippen molar-refractivity contribution in [2.24, 2.45) is 0 Å². The second kappa shape index (κ2) is 6.00. The van der Waals surface area contributed by atoms with Crippen LogP contribution in [0.3, 0.4) is 0 Å². The lowest BCUT2D eigenvalue weighted by molar-refractivity contribution is -0.385. The molecule has 0 aliphatic rings. The largest absolute Gasteiger partial charge is 0.381 e. The number of hydrogen-bond acceptors (Lipinski definition) is 3. The van der Waals surface area contributed by atoms with Gasteiger partial charge in [0, 0.05) is 34.4 Å². The van der Waals surface area contributed by atoms with Crippen LogP contribution in [0.1, 0.15) is 11.1 Å². The van der Waals surface area contributed by atoms with Gasteiger partial charge >= 0.3 is 0 Å². The average molecular weight is 339 g/mol. The van der Waals surface area contributed by atoms with Crippen LogP contribution in [0, 0.1) is 22.9 Å². The van der Waals surface area contributed by atoms with Crippen molar-refractivity contribution in [3.05, 3.63) is 67.9 Å². The predicted molar refractivity (Wildman–Crippen MR) is 79.3 cm³/mol. The summed E-state index contributed by atoms with van der Waals surface area (Å²) in [6.07, 6.45) is 0. The van der Waals surface area contributed by atoms with Crippen molar-refractivity contribution < 1.29 is 9.31 Å². The zero-order chi connectivity index (χ0) is 14.7. The zero-order valence-electron chi connectivity index (χ0n) is 10.7. The van der Waals surface area contributed by atoms with Gasteiger partial charge in [-0.1, -0.05) is 22.0 Å². The van der Waals surface area contributed by atoms with Crippen molar-refractivity contribution in [3.63, 3.8) is 0 Å². The number of nitro benzene ring substituents is 1. The van der Waals surface area contributed by atoms with Crippen molar-refractivity contribution >= 4 is 27.3 Å². The first-order valence-corrected chi connectivity index (χ1v) is 6.69. The van der Waals surface area contributed by atoms with Gasteiger partial charge in [-0.3, -0.25) is 10.1 Å². The summed E-state index contributed by atoms with van der Waals surface area (Å²) in [4.78, 5) is 10.4. The maximum Gasteiger partial charge on any atom is 0.270 e. The Morgan fingerprint density at radius 1 is 1.35 bits per heavy atom. The maximum absolute atomic E-state index is 13.4. The van der Waals surface area contributed by atoms with E-state index in [2.05, 4.69) is 21.2 Å². The number of hydrogen-bond donors (Lipinski definition) is 1. The summed E-state index contributed by atoms with van der Waals surface area (Å²) in [7, 11) is 0. The number of rotatable bonds is 4. The summed E-state index contributed by atoms with van der Waals surface area (Å²) < 4.78 is 14.0. The van der Waals surface area contributed by atoms with Crippen molar-refractivity contribution in [3.8, 4) is 0 Å². The topological polar surface area (TPSA) is 55.2 Å². The third kappa shape index (κ3) is 3.33. The molecule has 0 aliphatic carbocycles. The third-order valence-corrected chi connectivity index (χ3v) is 3.36.